The summed E-state index contributed by atoms with van der Waals surface area (Å²) in [6, 6.07) is -0.992. The summed E-state index contributed by atoms with van der Waals surface area (Å²) in [6.45, 7) is 1.51. The number of nitrogens with zero attached hydrogens (tertiary/aromatic N) is 5. The van der Waals surface area contributed by atoms with Crippen molar-refractivity contribution in [1.29, 1.82) is 0 Å². The molecule has 1 rings (SSSR count). The van der Waals surface area contributed by atoms with Crippen molar-refractivity contribution in [1.82, 2.24) is 24.5 Å². The second kappa shape index (κ2) is 17.0. The summed E-state index contributed by atoms with van der Waals surface area (Å²) in [6.07, 6.45) is 0.486. The Hall–Kier alpha value is -2.65. The summed E-state index contributed by atoms with van der Waals surface area (Å²) >= 11 is 0. The van der Waals surface area contributed by atoms with Gasteiger partial charge in [-0.15, -0.1) is 0 Å². The third kappa shape index (κ3) is 14.6. The summed E-state index contributed by atoms with van der Waals surface area (Å²) in [5.41, 5.74) is 0. The second-order valence-electron chi connectivity index (χ2n) is 9.53. The molecule has 1 fully saturated rings. The van der Waals surface area contributed by atoms with Gasteiger partial charge in [-0.3, -0.25) is 43.6 Å². The van der Waals surface area contributed by atoms with Crippen LogP contribution >= 0.6 is 0 Å². The van der Waals surface area contributed by atoms with E-state index in [1.807, 2.05) is 19.0 Å². The van der Waals surface area contributed by atoms with Gasteiger partial charge in [-0.25, -0.2) is 0 Å². The molecule has 37 heavy (non-hydrogen) atoms. The predicted molar refractivity (Wildman–Crippen MR) is 133 cm³/mol. The fourth-order valence-electron chi connectivity index (χ4n) is 4.15. The highest BCUT2D eigenvalue weighted by Crippen LogP contribution is 2.12. The van der Waals surface area contributed by atoms with Crippen molar-refractivity contribution < 1.29 is 44.4 Å². The third-order valence-electron chi connectivity index (χ3n) is 6.21. The quantitative estimate of drug-likeness (QED) is 0.197. The smallest absolute Gasteiger partial charge is 0.320 e. The van der Waals surface area contributed by atoms with Crippen LogP contribution in [0.25, 0.3) is 0 Å². The Morgan fingerprint density at radius 2 is 1.03 bits per heavy atom. The minimum absolute atomic E-state index is 0.0483. The lowest BCUT2D eigenvalue weighted by Crippen LogP contribution is -2.51. The molecule has 4 N–H and O–H groups in total. The van der Waals surface area contributed by atoms with Crippen LogP contribution in [0.4, 0.5) is 0 Å². The zero-order valence-corrected chi connectivity index (χ0v) is 21.8. The predicted octanol–water partition coefficient (Wildman–Crippen LogP) is -1.78. The SMILES string of the molecule is CN(C)CCC(=O)CC[C@H](C(=O)O)N1CCN(CC(=O)O)CCN(CC(=O)O)CCN(CC(=O)O)CC1. The van der Waals surface area contributed by atoms with Gasteiger partial charge in [0.25, 0.3) is 0 Å². The van der Waals surface area contributed by atoms with Gasteiger partial charge in [-0.1, -0.05) is 0 Å². The van der Waals surface area contributed by atoms with E-state index in [4.69, 9.17) is 0 Å². The van der Waals surface area contributed by atoms with Gasteiger partial charge in [-0.2, -0.15) is 0 Å². The lowest BCUT2D eigenvalue weighted by Gasteiger charge is -2.35. The van der Waals surface area contributed by atoms with Crippen molar-refractivity contribution in [3.8, 4) is 0 Å². The first kappa shape index (κ1) is 32.4. The Labute approximate surface area is 217 Å². The number of rotatable bonds is 14. The highest BCUT2D eigenvalue weighted by Gasteiger charge is 2.28. The van der Waals surface area contributed by atoms with Crippen LogP contribution in [0.2, 0.25) is 0 Å². The minimum Gasteiger partial charge on any atom is -0.480 e. The van der Waals surface area contributed by atoms with Gasteiger partial charge in [0.2, 0.25) is 0 Å². The van der Waals surface area contributed by atoms with Crippen molar-refractivity contribution in [2.45, 2.75) is 25.3 Å². The zero-order valence-electron chi connectivity index (χ0n) is 21.8. The van der Waals surface area contributed by atoms with E-state index in [0.717, 1.165) is 0 Å². The molecular formula is C23H41N5O9. The molecule has 14 heteroatoms. The monoisotopic (exact) mass is 531 g/mol. The van der Waals surface area contributed by atoms with Crippen LogP contribution in [0.5, 0.6) is 0 Å². The molecule has 0 saturated carbocycles. The molecule has 0 amide bonds. The first-order valence-electron chi connectivity index (χ1n) is 12.3. The average molecular weight is 532 g/mol. The number of hydrogen-bond acceptors (Lipinski definition) is 10. The van der Waals surface area contributed by atoms with Crippen LogP contribution in [-0.4, -0.2) is 173 Å². The molecule has 1 heterocycles. The Kier molecular flexibility index (Phi) is 14.9. The molecule has 1 atom stereocenters. The van der Waals surface area contributed by atoms with E-state index >= 15 is 0 Å². The fourth-order valence-corrected chi connectivity index (χ4v) is 4.15. The van der Waals surface area contributed by atoms with Crippen LogP contribution in [-0.2, 0) is 24.0 Å². The van der Waals surface area contributed by atoms with E-state index in [1.165, 1.54) is 0 Å². The molecule has 0 bridgehead atoms. The van der Waals surface area contributed by atoms with Crippen LogP contribution in [0.15, 0.2) is 0 Å². The maximum Gasteiger partial charge on any atom is 0.320 e. The van der Waals surface area contributed by atoms with Gasteiger partial charge in [0.15, 0.2) is 0 Å². The molecule has 0 unspecified atom stereocenters. The van der Waals surface area contributed by atoms with Gasteiger partial charge >= 0.3 is 23.9 Å². The number of carbonyl (C=O) groups excluding carboxylic acids is 1. The largest absolute Gasteiger partial charge is 0.480 e. The van der Waals surface area contributed by atoms with E-state index < -0.39 is 29.9 Å². The zero-order chi connectivity index (χ0) is 28.0. The van der Waals surface area contributed by atoms with Crippen molar-refractivity contribution in [3.63, 3.8) is 0 Å². The molecule has 1 aliphatic rings. The van der Waals surface area contributed by atoms with E-state index in [-0.39, 0.29) is 90.6 Å². The molecule has 0 radical (unpaired) electrons. The normalized spacial score (nSPS) is 18.6. The average Bonchev–Trinajstić information content (AvgIpc) is 2.77. The molecule has 212 valence electrons. The highest BCUT2D eigenvalue weighted by molar-refractivity contribution is 5.80. The standard InChI is InChI=1S/C23H41N5O9/c1-24(2)6-5-18(29)3-4-19(23(36)37)28-13-11-26(16-21(32)33)9-7-25(15-20(30)31)8-10-27(12-14-28)17-22(34)35/h19H,3-17H2,1-2H3,(H,30,31)(H,32,33)(H,34,35)(H,36,37)/t19-/m1/s1. The van der Waals surface area contributed by atoms with Crippen molar-refractivity contribution in [2.75, 3.05) is 92.6 Å². The third-order valence-corrected chi connectivity index (χ3v) is 6.21. The van der Waals surface area contributed by atoms with Gasteiger partial charge in [0.05, 0.1) is 19.6 Å². The summed E-state index contributed by atoms with van der Waals surface area (Å²) in [5, 5.41) is 37.8. The molecule has 1 aliphatic heterocycles. The summed E-state index contributed by atoms with van der Waals surface area (Å²) in [5.74, 6) is -4.31. The highest BCUT2D eigenvalue weighted by atomic mass is 16.4. The number of carboxylic acids is 4. The molecule has 0 aromatic carbocycles. The fraction of sp³-hybridized carbons (Fsp3) is 0.783. The van der Waals surface area contributed by atoms with Crippen molar-refractivity contribution >= 4 is 29.7 Å². The Bertz CT molecular complexity index is 748. The van der Waals surface area contributed by atoms with E-state index in [9.17, 15) is 44.4 Å². The van der Waals surface area contributed by atoms with E-state index in [1.54, 1.807) is 19.6 Å². The first-order valence-corrected chi connectivity index (χ1v) is 12.3. The number of hydrogen-bond donors (Lipinski definition) is 4. The molecule has 0 aliphatic carbocycles. The molecular weight excluding hydrogens is 490 g/mol. The van der Waals surface area contributed by atoms with E-state index in [0.29, 0.717) is 13.0 Å². The van der Waals surface area contributed by atoms with Crippen LogP contribution in [0.3, 0.4) is 0 Å². The van der Waals surface area contributed by atoms with Crippen LogP contribution in [0.1, 0.15) is 19.3 Å². The van der Waals surface area contributed by atoms with E-state index in [2.05, 4.69) is 0 Å². The number of aliphatic carboxylic acids is 4. The molecule has 14 nitrogen and oxygen atoms in total. The van der Waals surface area contributed by atoms with Crippen molar-refractivity contribution in [2.24, 2.45) is 0 Å². The lowest BCUT2D eigenvalue weighted by atomic mass is 10.1. The minimum atomic E-state index is -1.10. The van der Waals surface area contributed by atoms with Crippen LogP contribution < -0.4 is 0 Å². The Morgan fingerprint density at radius 1 is 0.649 bits per heavy atom. The topological polar surface area (TPSA) is 182 Å². The molecule has 0 aromatic heterocycles. The number of ketones is 1. The Balaban J connectivity index is 3.08. The van der Waals surface area contributed by atoms with Crippen LogP contribution in [0, 0.1) is 0 Å². The first-order chi connectivity index (χ1) is 17.4. The maximum atomic E-state index is 12.3. The summed E-state index contributed by atoms with van der Waals surface area (Å²) in [7, 11) is 3.69. The summed E-state index contributed by atoms with van der Waals surface area (Å²) in [4.78, 5) is 67.0. The van der Waals surface area contributed by atoms with Gasteiger partial charge in [-0.05, 0) is 20.5 Å². The molecule has 0 aromatic rings. The Morgan fingerprint density at radius 3 is 1.35 bits per heavy atom. The molecule has 1 saturated heterocycles. The van der Waals surface area contributed by atoms with Gasteiger partial charge in [0.1, 0.15) is 11.8 Å². The number of carboxylic acid groups (broad SMARTS) is 4. The molecule has 0 spiro atoms. The van der Waals surface area contributed by atoms with Gasteiger partial charge in [0, 0.05) is 71.7 Å². The van der Waals surface area contributed by atoms with Crippen molar-refractivity contribution in [3.05, 3.63) is 0 Å². The lowest BCUT2D eigenvalue weighted by molar-refractivity contribution is -0.145. The maximum absolute atomic E-state index is 12.3. The summed E-state index contributed by atoms with van der Waals surface area (Å²) < 4.78 is 0. The second-order valence-corrected chi connectivity index (χ2v) is 9.53. The van der Waals surface area contributed by atoms with Gasteiger partial charge < -0.3 is 25.3 Å². The number of carbonyl (C=O) groups is 5. The number of Topliss-reactive ketones (excluding diaryl/α,β-unsaturated/α-hetero) is 1.